The molecule has 0 radical (unpaired) electrons. The smallest absolute Gasteiger partial charge is 0.245 e. The minimum atomic E-state index is -0.995. The van der Waals surface area contributed by atoms with Gasteiger partial charge in [0.15, 0.2) is 0 Å². The van der Waals surface area contributed by atoms with Crippen LogP contribution in [-0.2, 0) is 30.4 Å². The van der Waals surface area contributed by atoms with E-state index in [1.54, 1.807) is 7.05 Å². The van der Waals surface area contributed by atoms with Gasteiger partial charge in [-0.2, -0.15) is 0 Å². The standard InChI is InChI=1S/C33H53N5O5/c1-19(2)15-24-30(40)37-27(17-21(5)6)33(43)38(9)28(22(7)8)32(42)36-25(16-20(3)4)29(39)35-26(31(41)34-24)18-23-13-11-10-12-14-23/h10-14,19-22,24-28H,15-18H2,1-9H3,(H,34,41)(H,35,39)(H,36,42)(H,37,40)/t24-,25+,26+,27+,28-/m1/s1. The Bertz CT molecular complexity index is 1100. The van der Waals surface area contributed by atoms with Crippen LogP contribution in [0.4, 0.5) is 0 Å². The number of hydrogen-bond donors (Lipinski definition) is 4. The first-order valence-corrected chi connectivity index (χ1v) is 15.6. The molecule has 0 saturated carbocycles. The van der Waals surface area contributed by atoms with E-state index in [2.05, 4.69) is 21.3 Å². The fraction of sp³-hybridized carbons (Fsp3) is 0.667. The number of rotatable bonds is 9. The second-order valence-electron chi connectivity index (χ2n) is 13.5. The highest BCUT2D eigenvalue weighted by Crippen LogP contribution is 2.17. The van der Waals surface area contributed by atoms with E-state index in [0.29, 0.717) is 19.3 Å². The number of amides is 5. The molecule has 10 nitrogen and oxygen atoms in total. The minimum absolute atomic E-state index is 0.0593. The van der Waals surface area contributed by atoms with Gasteiger partial charge in [0.2, 0.25) is 29.5 Å². The number of likely N-dealkylation sites (N-methyl/N-ethyl adjacent to an activating group) is 1. The van der Waals surface area contributed by atoms with Crippen LogP contribution >= 0.6 is 0 Å². The van der Waals surface area contributed by atoms with E-state index in [1.165, 1.54) is 4.90 Å². The van der Waals surface area contributed by atoms with Crippen LogP contribution in [0.1, 0.15) is 80.2 Å². The van der Waals surface area contributed by atoms with Gasteiger partial charge in [-0.25, -0.2) is 0 Å². The normalized spacial score (nSPS) is 24.9. The third kappa shape index (κ3) is 11.0. The van der Waals surface area contributed by atoms with Gasteiger partial charge in [-0.1, -0.05) is 85.7 Å². The molecule has 0 aliphatic carbocycles. The molecule has 0 unspecified atom stereocenters. The lowest BCUT2D eigenvalue weighted by Gasteiger charge is -2.34. The molecule has 240 valence electrons. The van der Waals surface area contributed by atoms with Crippen LogP contribution in [0.3, 0.4) is 0 Å². The third-order valence-electron chi connectivity index (χ3n) is 7.58. The van der Waals surface area contributed by atoms with Crippen molar-refractivity contribution in [3.8, 4) is 0 Å². The Morgan fingerprint density at radius 2 is 0.977 bits per heavy atom. The molecule has 0 spiro atoms. The van der Waals surface area contributed by atoms with Crippen molar-refractivity contribution < 1.29 is 24.0 Å². The van der Waals surface area contributed by atoms with Gasteiger partial charge in [-0.05, 0) is 48.5 Å². The van der Waals surface area contributed by atoms with Crippen LogP contribution in [0.2, 0.25) is 0 Å². The topological polar surface area (TPSA) is 137 Å². The van der Waals surface area contributed by atoms with Gasteiger partial charge in [-0.3, -0.25) is 24.0 Å². The number of nitrogens with zero attached hydrogens (tertiary/aromatic N) is 1. The largest absolute Gasteiger partial charge is 0.343 e. The van der Waals surface area contributed by atoms with E-state index >= 15 is 0 Å². The molecule has 1 aromatic rings. The summed E-state index contributed by atoms with van der Waals surface area (Å²) in [6.45, 7) is 15.4. The van der Waals surface area contributed by atoms with Crippen LogP contribution in [0, 0.1) is 23.7 Å². The van der Waals surface area contributed by atoms with E-state index in [-0.39, 0.29) is 30.1 Å². The van der Waals surface area contributed by atoms with Crippen molar-refractivity contribution in [1.29, 1.82) is 0 Å². The van der Waals surface area contributed by atoms with Gasteiger partial charge in [0.25, 0.3) is 0 Å². The van der Waals surface area contributed by atoms with Crippen molar-refractivity contribution in [3.05, 3.63) is 35.9 Å². The zero-order chi connectivity index (χ0) is 32.4. The number of hydrogen-bond acceptors (Lipinski definition) is 5. The Balaban J connectivity index is 2.64. The van der Waals surface area contributed by atoms with E-state index in [0.717, 1.165) is 5.56 Å². The lowest BCUT2D eigenvalue weighted by molar-refractivity contribution is -0.144. The van der Waals surface area contributed by atoms with Crippen molar-refractivity contribution in [2.45, 2.75) is 111 Å². The molecule has 0 aromatic heterocycles. The van der Waals surface area contributed by atoms with Crippen molar-refractivity contribution >= 4 is 29.5 Å². The summed E-state index contributed by atoms with van der Waals surface area (Å²) < 4.78 is 0. The maximum absolute atomic E-state index is 13.9. The zero-order valence-electron chi connectivity index (χ0n) is 27.4. The van der Waals surface area contributed by atoms with Crippen LogP contribution in [0.5, 0.6) is 0 Å². The second-order valence-corrected chi connectivity index (χ2v) is 13.5. The minimum Gasteiger partial charge on any atom is -0.343 e. The van der Waals surface area contributed by atoms with Crippen LogP contribution in [0.25, 0.3) is 0 Å². The first-order valence-electron chi connectivity index (χ1n) is 15.6. The van der Waals surface area contributed by atoms with Crippen molar-refractivity contribution in [1.82, 2.24) is 26.2 Å². The molecule has 5 atom stereocenters. The predicted octanol–water partition coefficient (Wildman–Crippen LogP) is 2.80. The van der Waals surface area contributed by atoms with Crippen molar-refractivity contribution in [2.75, 3.05) is 7.05 Å². The predicted molar refractivity (Wildman–Crippen MR) is 168 cm³/mol. The Morgan fingerprint density at radius 3 is 1.44 bits per heavy atom. The first-order chi connectivity index (χ1) is 20.1. The molecule has 1 fully saturated rings. The van der Waals surface area contributed by atoms with E-state index in [4.69, 9.17) is 0 Å². The maximum atomic E-state index is 13.9. The SMILES string of the molecule is CC(C)C[C@@H]1NC(=O)[C@@H](C(C)C)N(C)C(=O)[C@H](CC(C)C)NC(=O)[C@@H](CC(C)C)NC(=O)[C@H](Cc2ccccc2)NC1=O. The lowest BCUT2D eigenvalue weighted by Crippen LogP contribution is -2.59. The van der Waals surface area contributed by atoms with E-state index in [9.17, 15) is 24.0 Å². The summed E-state index contributed by atoms with van der Waals surface area (Å²) >= 11 is 0. The highest BCUT2D eigenvalue weighted by Gasteiger charge is 2.38. The average molecular weight is 600 g/mol. The molecule has 1 saturated heterocycles. The maximum Gasteiger partial charge on any atom is 0.245 e. The molecule has 1 aliphatic heterocycles. The second kappa shape index (κ2) is 16.4. The van der Waals surface area contributed by atoms with Crippen molar-refractivity contribution in [2.24, 2.45) is 23.7 Å². The summed E-state index contributed by atoms with van der Waals surface area (Å²) in [5.41, 5.74) is 0.833. The highest BCUT2D eigenvalue weighted by atomic mass is 16.2. The van der Waals surface area contributed by atoms with Crippen LogP contribution in [0.15, 0.2) is 30.3 Å². The Kier molecular flexibility index (Phi) is 13.7. The fourth-order valence-corrected chi connectivity index (χ4v) is 5.54. The quantitative estimate of drug-likeness (QED) is 0.346. The number of nitrogens with one attached hydrogen (secondary N) is 4. The van der Waals surface area contributed by atoms with Gasteiger partial charge in [-0.15, -0.1) is 0 Å². The summed E-state index contributed by atoms with van der Waals surface area (Å²) in [5, 5.41) is 11.5. The van der Waals surface area contributed by atoms with Crippen LogP contribution < -0.4 is 21.3 Å². The molecule has 4 N–H and O–H groups in total. The molecule has 5 amide bonds. The average Bonchev–Trinajstić information content (AvgIpc) is 2.90. The summed E-state index contributed by atoms with van der Waals surface area (Å²) in [5.74, 6) is -2.41. The molecule has 10 heteroatoms. The van der Waals surface area contributed by atoms with E-state index < -0.39 is 59.7 Å². The monoisotopic (exact) mass is 599 g/mol. The molecule has 1 aromatic carbocycles. The molecular formula is C33H53N5O5. The Morgan fingerprint density at radius 1 is 0.581 bits per heavy atom. The number of carbonyl (C=O) groups excluding carboxylic acids is 5. The first kappa shape index (κ1) is 35.8. The van der Waals surface area contributed by atoms with Crippen LogP contribution in [-0.4, -0.2) is 71.7 Å². The molecule has 1 aliphatic rings. The van der Waals surface area contributed by atoms with Gasteiger partial charge in [0.05, 0.1) is 0 Å². The zero-order valence-corrected chi connectivity index (χ0v) is 27.4. The summed E-state index contributed by atoms with van der Waals surface area (Å²) in [6.07, 6.45) is 1.23. The fourth-order valence-electron chi connectivity index (χ4n) is 5.54. The Labute approximate surface area is 257 Å². The van der Waals surface area contributed by atoms with Gasteiger partial charge in [0.1, 0.15) is 30.2 Å². The molecule has 0 bridgehead atoms. The molecular weight excluding hydrogens is 546 g/mol. The lowest BCUT2D eigenvalue weighted by atomic mass is 9.96. The van der Waals surface area contributed by atoms with Crippen molar-refractivity contribution in [3.63, 3.8) is 0 Å². The van der Waals surface area contributed by atoms with Gasteiger partial charge in [0, 0.05) is 13.5 Å². The number of carbonyl (C=O) groups is 5. The van der Waals surface area contributed by atoms with Gasteiger partial charge < -0.3 is 26.2 Å². The summed E-state index contributed by atoms with van der Waals surface area (Å²) in [4.78, 5) is 70.2. The summed E-state index contributed by atoms with van der Waals surface area (Å²) in [7, 11) is 1.56. The highest BCUT2D eigenvalue weighted by molar-refractivity contribution is 5.98. The Hall–Kier alpha value is -3.43. The number of benzene rings is 1. The third-order valence-corrected chi connectivity index (χ3v) is 7.58. The van der Waals surface area contributed by atoms with Gasteiger partial charge >= 0.3 is 0 Å². The molecule has 43 heavy (non-hydrogen) atoms. The molecule has 2 rings (SSSR count). The van der Waals surface area contributed by atoms with E-state index in [1.807, 2.05) is 85.7 Å². The molecule has 1 heterocycles. The summed E-state index contributed by atoms with van der Waals surface area (Å²) in [6, 6.07) is 4.70.